The zero-order valence-corrected chi connectivity index (χ0v) is 34.8. The lowest BCUT2D eigenvalue weighted by molar-refractivity contribution is -0.155. The maximum absolute atomic E-state index is 14.1. The van der Waals surface area contributed by atoms with E-state index in [1.54, 1.807) is 72.7 Å². The van der Waals surface area contributed by atoms with Crippen LogP contribution in [0.15, 0.2) is 30.3 Å². The molecule has 1 aromatic carbocycles. The molecule has 0 aliphatic carbocycles. The van der Waals surface area contributed by atoms with Crippen LogP contribution in [0, 0.1) is 0 Å². The number of hydrogen-bond donors (Lipinski definition) is 6. The quantitative estimate of drug-likeness (QED) is 0.103. The number of carbonyl (C=O) groups excluding carboxylic acids is 8. The molecule has 8 N–H and O–H groups in total. The van der Waals surface area contributed by atoms with Crippen LogP contribution in [0.4, 0.5) is 0 Å². The van der Waals surface area contributed by atoms with Crippen LogP contribution in [0.3, 0.4) is 0 Å². The van der Waals surface area contributed by atoms with Crippen LogP contribution in [0.2, 0.25) is 0 Å². The number of primary amides is 1. The van der Waals surface area contributed by atoms with Crippen LogP contribution in [0.25, 0.3) is 0 Å². The Kier molecular flexibility index (Phi) is 17.2. The molecule has 2 fully saturated rings. The Labute approximate surface area is 340 Å². The summed E-state index contributed by atoms with van der Waals surface area (Å²) in [5, 5.41) is 10.5. The molecule has 2 aliphatic heterocycles. The zero-order valence-electron chi connectivity index (χ0n) is 34.8. The van der Waals surface area contributed by atoms with Crippen LogP contribution < -0.4 is 32.7 Å². The number of nitrogens with zero attached hydrogens (tertiary/aromatic N) is 2. The zero-order chi connectivity index (χ0) is 43.4. The lowest BCUT2D eigenvalue weighted by Crippen LogP contribution is -2.61. The topological polar surface area (TPSA) is 262 Å². The minimum Gasteiger partial charge on any atom is -0.460 e. The summed E-state index contributed by atoms with van der Waals surface area (Å²) < 4.78 is 11.5. The highest BCUT2D eigenvalue weighted by molar-refractivity contribution is 5.97. The van der Waals surface area contributed by atoms with Crippen molar-refractivity contribution in [3.63, 3.8) is 0 Å². The summed E-state index contributed by atoms with van der Waals surface area (Å²) >= 11 is 0. The molecule has 2 saturated heterocycles. The van der Waals surface area contributed by atoms with Crippen molar-refractivity contribution in [3.8, 4) is 0 Å². The van der Waals surface area contributed by atoms with Gasteiger partial charge in [-0.3, -0.25) is 38.4 Å². The van der Waals surface area contributed by atoms with Crippen molar-refractivity contribution in [2.24, 2.45) is 11.5 Å². The second kappa shape index (κ2) is 21.1. The monoisotopic (exact) mass is 814 g/mol. The predicted octanol–water partition coefficient (Wildman–Crippen LogP) is -0.449. The Bertz CT molecular complexity index is 1640. The number of hydrogen-bond acceptors (Lipinski definition) is 11. The first-order chi connectivity index (χ1) is 27.1. The fraction of sp³-hybridized carbons (Fsp3) is 0.650. The Morgan fingerprint density at radius 1 is 0.810 bits per heavy atom. The second-order valence-electron chi connectivity index (χ2n) is 16.7. The van der Waals surface area contributed by atoms with Crippen LogP contribution in [0.5, 0.6) is 0 Å². The van der Waals surface area contributed by atoms with Crippen LogP contribution in [0.1, 0.15) is 92.6 Å². The van der Waals surface area contributed by atoms with E-state index in [0.717, 1.165) is 5.56 Å². The van der Waals surface area contributed by atoms with E-state index in [2.05, 4.69) is 21.3 Å². The number of nitrogens with one attached hydrogen (secondary N) is 4. The summed E-state index contributed by atoms with van der Waals surface area (Å²) in [4.78, 5) is 108. The molecule has 2 heterocycles. The highest BCUT2D eigenvalue weighted by Crippen LogP contribution is 2.22. The second-order valence-corrected chi connectivity index (χ2v) is 16.7. The van der Waals surface area contributed by atoms with Gasteiger partial charge in [0.1, 0.15) is 35.8 Å². The third-order valence-corrected chi connectivity index (χ3v) is 9.54. The molecule has 322 valence electrons. The molecule has 18 nitrogen and oxygen atoms in total. The number of rotatable bonds is 18. The molecule has 0 bridgehead atoms. The largest absolute Gasteiger partial charge is 0.460 e. The molecule has 18 heteroatoms. The van der Waals surface area contributed by atoms with E-state index in [9.17, 15) is 38.4 Å². The number of likely N-dealkylation sites (tertiary alicyclic amines) is 2. The Balaban J connectivity index is 1.80. The molecular formula is C40H62N8O10. The normalized spacial score (nSPS) is 19.0. The molecule has 0 aromatic heterocycles. The molecule has 6 atom stereocenters. The van der Waals surface area contributed by atoms with Gasteiger partial charge in [0.25, 0.3) is 0 Å². The molecule has 0 saturated carbocycles. The van der Waals surface area contributed by atoms with E-state index >= 15 is 0 Å². The van der Waals surface area contributed by atoms with Gasteiger partial charge in [-0.1, -0.05) is 30.3 Å². The molecular weight excluding hydrogens is 752 g/mol. The van der Waals surface area contributed by atoms with Crippen molar-refractivity contribution < 1.29 is 47.8 Å². The molecule has 58 heavy (non-hydrogen) atoms. The fourth-order valence-electron chi connectivity index (χ4n) is 6.99. The van der Waals surface area contributed by atoms with Gasteiger partial charge in [-0.05, 0) is 86.1 Å². The summed E-state index contributed by atoms with van der Waals surface area (Å²) in [6, 6.07) is 3.38. The van der Waals surface area contributed by atoms with Gasteiger partial charge in [-0.25, -0.2) is 0 Å². The maximum atomic E-state index is 14.1. The average molecular weight is 815 g/mol. The summed E-state index contributed by atoms with van der Waals surface area (Å²) in [5.74, 6) is -5.13. The molecule has 0 radical (unpaired) electrons. The van der Waals surface area contributed by atoms with Crippen molar-refractivity contribution in [3.05, 3.63) is 35.9 Å². The van der Waals surface area contributed by atoms with E-state index in [4.69, 9.17) is 20.9 Å². The average Bonchev–Trinajstić information content (AvgIpc) is 3.84. The van der Waals surface area contributed by atoms with Crippen molar-refractivity contribution in [1.82, 2.24) is 31.1 Å². The molecule has 1 aromatic rings. The van der Waals surface area contributed by atoms with Gasteiger partial charge in [0.05, 0.1) is 24.8 Å². The number of carbonyl (C=O) groups is 8. The third kappa shape index (κ3) is 14.7. The number of nitrogens with two attached hydrogens (primary N) is 2. The van der Waals surface area contributed by atoms with Crippen LogP contribution >= 0.6 is 0 Å². The van der Waals surface area contributed by atoms with E-state index in [1.807, 2.05) is 6.07 Å². The molecule has 3 rings (SSSR count). The van der Waals surface area contributed by atoms with Crippen molar-refractivity contribution in [1.29, 1.82) is 0 Å². The summed E-state index contributed by atoms with van der Waals surface area (Å²) in [5.41, 5.74) is 10.3. The first-order valence-corrected chi connectivity index (χ1v) is 19.8. The van der Waals surface area contributed by atoms with Gasteiger partial charge in [0, 0.05) is 25.9 Å². The maximum Gasteiger partial charge on any atom is 0.306 e. The minimum absolute atomic E-state index is 0.144. The molecule has 0 unspecified atom stereocenters. The van der Waals surface area contributed by atoms with E-state index in [0.29, 0.717) is 19.3 Å². The number of ether oxygens (including phenoxy) is 2. The van der Waals surface area contributed by atoms with Gasteiger partial charge in [0.2, 0.25) is 41.4 Å². The standard InChI is InChI=1S/C40H62N8O10/c1-24(57-39(2,3)4)33(38(56)48-20-11-15-28(48)34(42)52)46-36(54)26(17-18-32(51)58-40(5,6)7)45-37(55)29-16-12-19-47(29)31(50)23-43-35(53)27(44-30(49)22-41)21-25-13-9-8-10-14-25/h8-10,13-14,24,26-29,33H,11-12,15-23,41H2,1-7H3,(H2,42,52)(H,43,53)(H,44,49)(H,45,55)(H,46,54)/t24-,26+,27+,28+,29+,33+/m1/s1. The number of esters is 1. The van der Waals surface area contributed by atoms with Crippen molar-refractivity contribution >= 4 is 47.3 Å². The highest BCUT2D eigenvalue weighted by Gasteiger charge is 2.42. The minimum atomic E-state index is -1.37. The predicted molar refractivity (Wildman–Crippen MR) is 212 cm³/mol. The SMILES string of the molecule is C[C@@H](OC(C)(C)C)[C@H](NC(=O)[C@H](CCC(=O)OC(C)(C)C)NC(=O)[C@@H]1CCCN1C(=O)CNC(=O)[C@H](Cc1ccccc1)NC(=O)CN)C(=O)N1CCC[C@H]1C(N)=O. The summed E-state index contributed by atoms with van der Waals surface area (Å²) in [7, 11) is 0. The molecule has 7 amide bonds. The Morgan fingerprint density at radius 3 is 2.02 bits per heavy atom. The van der Waals surface area contributed by atoms with E-state index in [-0.39, 0.29) is 45.3 Å². The highest BCUT2D eigenvalue weighted by atomic mass is 16.6. The van der Waals surface area contributed by atoms with Gasteiger partial charge in [0.15, 0.2) is 0 Å². The number of amides is 7. The third-order valence-electron chi connectivity index (χ3n) is 9.54. The lowest BCUT2D eigenvalue weighted by atomic mass is 10.0. The van der Waals surface area contributed by atoms with Gasteiger partial charge >= 0.3 is 5.97 Å². The van der Waals surface area contributed by atoms with E-state index < -0.39 is 101 Å². The van der Waals surface area contributed by atoms with Crippen LogP contribution in [-0.2, 0) is 54.3 Å². The Hall–Kier alpha value is -5.10. The summed E-state index contributed by atoms with van der Waals surface area (Å²) in [6.45, 7) is 11.6. The Morgan fingerprint density at radius 2 is 1.43 bits per heavy atom. The van der Waals surface area contributed by atoms with E-state index in [1.165, 1.54) is 9.80 Å². The van der Waals surface area contributed by atoms with Crippen LogP contribution in [-0.4, -0.2) is 131 Å². The smallest absolute Gasteiger partial charge is 0.306 e. The molecule has 0 spiro atoms. The first kappa shape index (κ1) is 47.3. The lowest BCUT2D eigenvalue weighted by Gasteiger charge is -2.35. The van der Waals surface area contributed by atoms with Gasteiger partial charge in [-0.2, -0.15) is 0 Å². The van der Waals surface area contributed by atoms with Gasteiger partial charge in [-0.15, -0.1) is 0 Å². The summed E-state index contributed by atoms with van der Waals surface area (Å²) in [6.07, 6.45) is 0.340. The fourth-order valence-corrected chi connectivity index (χ4v) is 6.99. The molecule has 2 aliphatic rings. The first-order valence-electron chi connectivity index (χ1n) is 19.8. The van der Waals surface area contributed by atoms with Crippen molar-refractivity contribution in [2.45, 2.75) is 141 Å². The number of benzene rings is 1. The van der Waals surface area contributed by atoms with Crippen molar-refractivity contribution in [2.75, 3.05) is 26.2 Å². The van der Waals surface area contributed by atoms with Gasteiger partial charge < -0.3 is 52.0 Å².